The maximum absolute atomic E-state index is 12.7. The summed E-state index contributed by atoms with van der Waals surface area (Å²) in [5, 5.41) is 4.37. The van der Waals surface area contributed by atoms with E-state index in [1.807, 2.05) is 60.7 Å². The molecule has 29 heavy (non-hydrogen) atoms. The minimum Gasteiger partial charge on any atom is -0.457 e. The molecule has 0 radical (unpaired) electrons. The van der Waals surface area contributed by atoms with Gasteiger partial charge in [-0.05, 0) is 36.4 Å². The monoisotopic (exact) mass is 527 g/mol. The molecule has 5 nitrogen and oxygen atoms in total. The Labute approximate surface area is 185 Å². The number of benzene rings is 2. The van der Waals surface area contributed by atoms with Crippen molar-refractivity contribution in [3.05, 3.63) is 90.3 Å². The fourth-order valence-corrected chi connectivity index (χ4v) is 4.46. The van der Waals surface area contributed by atoms with Gasteiger partial charge in [-0.15, -0.1) is 5.10 Å². The number of hydrogen-bond acceptors (Lipinski definition) is 5. The number of fused-ring (bicyclic) bond motifs is 1. The molecular weight excluding hydrogens is 518 g/mol. The molecule has 3 heterocycles. The highest BCUT2D eigenvalue weighted by molar-refractivity contribution is 9.10. The molecule has 8 heteroatoms. The van der Waals surface area contributed by atoms with Crippen LogP contribution in [0.25, 0.3) is 33.7 Å². The molecule has 0 aliphatic heterocycles. The van der Waals surface area contributed by atoms with Gasteiger partial charge in [0.1, 0.15) is 16.1 Å². The molecule has 0 amide bonds. The Morgan fingerprint density at radius 1 is 0.966 bits per heavy atom. The van der Waals surface area contributed by atoms with Crippen LogP contribution in [0.3, 0.4) is 0 Å². The Bertz CT molecular complexity index is 1450. The van der Waals surface area contributed by atoms with Crippen LogP contribution in [-0.4, -0.2) is 14.6 Å². The normalized spacial score (nSPS) is 12.1. The van der Waals surface area contributed by atoms with Gasteiger partial charge in [0.05, 0.1) is 0 Å². The second kappa shape index (κ2) is 7.37. The van der Waals surface area contributed by atoms with Crippen LogP contribution in [0.15, 0.2) is 78.8 Å². The molecule has 0 saturated carbocycles. The molecule has 142 valence electrons. The van der Waals surface area contributed by atoms with Gasteiger partial charge in [0.15, 0.2) is 5.82 Å². The van der Waals surface area contributed by atoms with Gasteiger partial charge in [-0.25, -0.2) is 0 Å². The first-order chi connectivity index (χ1) is 14.1. The van der Waals surface area contributed by atoms with E-state index >= 15 is 0 Å². The Hall–Kier alpha value is -2.55. The molecule has 3 aromatic heterocycles. The van der Waals surface area contributed by atoms with E-state index in [4.69, 9.17) is 4.42 Å². The molecule has 0 fully saturated rings. The Morgan fingerprint density at radius 2 is 1.79 bits per heavy atom. The molecule has 0 bridgehead atoms. The van der Waals surface area contributed by atoms with Crippen LogP contribution in [-0.2, 0) is 0 Å². The van der Waals surface area contributed by atoms with Crippen molar-refractivity contribution in [1.29, 1.82) is 0 Å². The van der Waals surface area contributed by atoms with Crippen molar-refractivity contribution in [2.24, 2.45) is 0 Å². The summed E-state index contributed by atoms with van der Waals surface area (Å²) in [5.74, 6) is 1.87. The zero-order valence-corrected chi connectivity index (χ0v) is 18.7. The molecule has 0 aliphatic rings. The summed E-state index contributed by atoms with van der Waals surface area (Å²) >= 11 is 8.16. The zero-order valence-electron chi connectivity index (χ0n) is 14.7. The predicted molar refractivity (Wildman–Crippen MR) is 121 cm³/mol. The number of thiazole rings is 1. The van der Waals surface area contributed by atoms with Crippen molar-refractivity contribution in [1.82, 2.24) is 14.6 Å². The molecule has 0 aliphatic carbocycles. The molecule has 0 saturated heterocycles. The van der Waals surface area contributed by atoms with E-state index in [9.17, 15) is 4.79 Å². The largest absolute Gasteiger partial charge is 0.457 e. The zero-order chi connectivity index (χ0) is 20.0. The third kappa shape index (κ3) is 3.59. The van der Waals surface area contributed by atoms with E-state index < -0.39 is 0 Å². The van der Waals surface area contributed by atoms with Crippen LogP contribution in [0.2, 0.25) is 0 Å². The van der Waals surface area contributed by atoms with Crippen LogP contribution < -0.4 is 10.1 Å². The van der Waals surface area contributed by atoms with Crippen molar-refractivity contribution in [2.45, 2.75) is 0 Å². The van der Waals surface area contributed by atoms with Crippen molar-refractivity contribution >= 4 is 54.2 Å². The average Bonchev–Trinajstić information content (AvgIpc) is 3.41. The van der Waals surface area contributed by atoms with Gasteiger partial charge >= 0.3 is 0 Å². The molecule has 0 N–H and O–H groups in total. The van der Waals surface area contributed by atoms with Gasteiger partial charge in [-0.1, -0.05) is 67.5 Å². The van der Waals surface area contributed by atoms with Crippen molar-refractivity contribution in [2.75, 3.05) is 0 Å². The fourth-order valence-electron chi connectivity index (χ4n) is 2.91. The van der Waals surface area contributed by atoms with Gasteiger partial charge < -0.3 is 4.42 Å². The molecule has 0 unspecified atom stereocenters. The standard InChI is InChI=1S/C21H11Br2N3O2S/c22-14-6-4-12(5-7-14)19-24-21-26(25-19)20(27)18(29-21)11-16-8-9-17(28-16)13-2-1-3-15(23)10-13/h1-11H. The third-order valence-corrected chi connectivity index (χ3v) is 6.27. The molecular formula is C21H11Br2N3O2S. The van der Waals surface area contributed by atoms with Gasteiger partial charge in [0.25, 0.3) is 5.56 Å². The lowest BCUT2D eigenvalue weighted by Gasteiger charge is -1.96. The summed E-state index contributed by atoms with van der Waals surface area (Å²) in [7, 11) is 0. The fraction of sp³-hybridized carbons (Fsp3) is 0. The average molecular weight is 529 g/mol. The molecule has 5 aromatic rings. The quantitative estimate of drug-likeness (QED) is 0.325. The summed E-state index contributed by atoms with van der Waals surface area (Å²) in [6.07, 6.45) is 1.73. The predicted octanol–water partition coefficient (Wildman–Crippen LogP) is 5.15. The topological polar surface area (TPSA) is 60.4 Å². The first-order valence-electron chi connectivity index (χ1n) is 8.60. The van der Waals surface area contributed by atoms with Gasteiger partial charge in [-0.2, -0.15) is 9.50 Å². The lowest BCUT2D eigenvalue weighted by molar-refractivity contribution is 0.571. The summed E-state index contributed by atoms with van der Waals surface area (Å²) in [6.45, 7) is 0. The van der Waals surface area contributed by atoms with Crippen LogP contribution in [0, 0.1) is 0 Å². The van der Waals surface area contributed by atoms with Crippen LogP contribution in [0.4, 0.5) is 0 Å². The van der Waals surface area contributed by atoms with Gasteiger partial charge in [0.2, 0.25) is 4.96 Å². The summed E-state index contributed by atoms with van der Waals surface area (Å²) in [6, 6.07) is 19.3. The van der Waals surface area contributed by atoms with Gasteiger partial charge in [-0.3, -0.25) is 4.79 Å². The third-order valence-electron chi connectivity index (χ3n) is 4.29. The highest BCUT2D eigenvalue weighted by atomic mass is 79.9. The second-order valence-corrected chi connectivity index (χ2v) is 9.11. The smallest absolute Gasteiger partial charge is 0.291 e. The maximum Gasteiger partial charge on any atom is 0.291 e. The SMILES string of the molecule is O=c1c(=Cc2ccc(-c3cccc(Br)c3)o2)sc2nc(-c3ccc(Br)cc3)nn12. The van der Waals surface area contributed by atoms with E-state index in [0.717, 1.165) is 25.8 Å². The summed E-state index contributed by atoms with van der Waals surface area (Å²) in [5.41, 5.74) is 1.61. The van der Waals surface area contributed by atoms with Gasteiger partial charge in [0, 0.05) is 26.1 Å². The highest BCUT2D eigenvalue weighted by Crippen LogP contribution is 2.25. The minimum absolute atomic E-state index is 0.207. The molecule has 0 atom stereocenters. The van der Waals surface area contributed by atoms with Crippen molar-refractivity contribution < 1.29 is 4.42 Å². The summed E-state index contributed by atoms with van der Waals surface area (Å²) < 4.78 is 9.72. The van der Waals surface area contributed by atoms with E-state index in [1.165, 1.54) is 15.9 Å². The molecule has 0 spiro atoms. The number of hydrogen-bond donors (Lipinski definition) is 0. The summed E-state index contributed by atoms with van der Waals surface area (Å²) in [4.78, 5) is 17.8. The lowest BCUT2D eigenvalue weighted by Crippen LogP contribution is -2.23. The van der Waals surface area contributed by atoms with Crippen LogP contribution in [0.1, 0.15) is 5.76 Å². The molecule has 2 aromatic carbocycles. The Kier molecular flexibility index (Phi) is 4.69. The van der Waals surface area contributed by atoms with Crippen molar-refractivity contribution in [3.8, 4) is 22.7 Å². The van der Waals surface area contributed by atoms with E-state index in [1.54, 1.807) is 6.08 Å². The Balaban J connectivity index is 1.52. The number of halogens is 2. The lowest BCUT2D eigenvalue weighted by atomic mass is 10.2. The maximum atomic E-state index is 12.7. The second-order valence-electron chi connectivity index (χ2n) is 6.26. The van der Waals surface area contributed by atoms with E-state index in [2.05, 4.69) is 41.9 Å². The minimum atomic E-state index is -0.207. The first kappa shape index (κ1) is 18.5. The number of rotatable bonds is 3. The van der Waals surface area contributed by atoms with E-state index in [0.29, 0.717) is 21.1 Å². The van der Waals surface area contributed by atoms with Crippen LogP contribution in [0.5, 0.6) is 0 Å². The van der Waals surface area contributed by atoms with Crippen molar-refractivity contribution in [3.63, 3.8) is 0 Å². The number of aromatic nitrogens is 3. The first-order valence-corrected chi connectivity index (χ1v) is 11.0. The highest BCUT2D eigenvalue weighted by Gasteiger charge is 2.12. The van der Waals surface area contributed by atoms with E-state index in [-0.39, 0.29) is 5.56 Å². The molecule has 5 rings (SSSR count). The van der Waals surface area contributed by atoms with Crippen LogP contribution >= 0.6 is 43.2 Å². The number of nitrogens with zero attached hydrogens (tertiary/aromatic N) is 3. The number of furan rings is 1. The Morgan fingerprint density at radius 3 is 2.55 bits per heavy atom.